The van der Waals surface area contributed by atoms with Crippen molar-refractivity contribution in [2.75, 3.05) is 26.4 Å². The number of likely N-dealkylation sites (tertiary alicyclic amines) is 1. The molecule has 0 aliphatic carbocycles. The molecule has 1 aromatic rings. The van der Waals surface area contributed by atoms with E-state index < -0.39 is 0 Å². The highest BCUT2D eigenvalue weighted by Gasteiger charge is 2.36. The van der Waals surface area contributed by atoms with Crippen molar-refractivity contribution in [3.63, 3.8) is 0 Å². The lowest BCUT2D eigenvalue weighted by Crippen LogP contribution is -2.51. The molecule has 0 aromatic heterocycles. The van der Waals surface area contributed by atoms with Gasteiger partial charge in [-0.1, -0.05) is 39.0 Å². The van der Waals surface area contributed by atoms with Gasteiger partial charge >= 0.3 is 0 Å². The lowest BCUT2D eigenvalue weighted by atomic mass is 9.86. The van der Waals surface area contributed by atoms with Crippen LogP contribution >= 0.6 is 0 Å². The number of hydrogen-bond donors (Lipinski definition) is 0. The van der Waals surface area contributed by atoms with Gasteiger partial charge in [-0.2, -0.15) is 0 Å². The molecule has 138 valence electrons. The van der Waals surface area contributed by atoms with E-state index in [1.807, 2.05) is 23.1 Å². The first kappa shape index (κ1) is 18.2. The molecular formula is C20H29NO4. The van der Waals surface area contributed by atoms with Crippen LogP contribution in [0.15, 0.2) is 24.3 Å². The lowest BCUT2D eigenvalue weighted by Gasteiger charge is -2.38. The molecule has 0 saturated carbocycles. The smallest absolute Gasteiger partial charge is 0.260 e. The van der Waals surface area contributed by atoms with E-state index in [0.29, 0.717) is 13.2 Å². The number of para-hydroxylation sites is 1. The SMILES string of the molecule is CC(C)(C)c1ccccc1OCC(=O)N1CCCCC1C1OCCO1. The van der Waals surface area contributed by atoms with E-state index in [-0.39, 0.29) is 30.3 Å². The maximum atomic E-state index is 12.8. The highest BCUT2D eigenvalue weighted by atomic mass is 16.7. The van der Waals surface area contributed by atoms with Crippen LogP contribution in [0.2, 0.25) is 0 Å². The summed E-state index contributed by atoms with van der Waals surface area (Å²) in [5.74, 6) is 0.790. The first-order valence-electron chi connectivity index (χ1n) is 9.22. The molecule has 0 radical (unpaired) electrons. The van der Waals surface area contributed by atoms with Crippen molar-refractivity contribution in [1.82, 2.24) is 4.90 Å². The second-order valence-electron chi connectivity index (χ2n) is 7.80. The number of nitrogens with zero attached hydrogens (tertiary/aromatic N) is 1. The van der Waals surface area contributed by atoms with E-state index in [4.69, 9.17) is 14.2 Å². The van der Waals surface area contributed by atoms with E-state index >= 15 is 0 Å². The van der Waals surface area contributed by atoms with Gasteiger partial charge in [-0.05, 0) is 36.3 Å². The van der Waals surface area contributed by atoms with Crippen LogP contribution in [-0.4, -0.2) is 49.5 Å². The minimum Gasteiger partial charge on any atom is -0.483 e. The topological polar surface area (TPSA) is 48.0 Å². The van der Waals surface area contributed by atoms with Crippen LogP contribution in [0.1, 0.15) is 45.6 Å². The highest BCUT2D eigenvalue weighted by Crippen LogP contribution is 2.31. The lowest BCUT2D eigenvalue weighted by molar-refractivity contribution is -0.152. The van der Waals surface area contributed by atoms with Crippen molar-refractivity contribution in [2.45, 2.75) is 57.8 Å². The van der Waals surface area contributed by atoms with Crippen molar-refractivity contribution >= 4 is 5.91 Å². The van der Waals surface area contributed by atoms with E-state index in [1.54, 1.807) is 0 Å². The Hall–Kier alpha value is -1.59. The molecule has 2 aliphatic heterocycles. The second-order valence-corrected chi connectivity index (χ2v) is 7.80. The van der Waals surface area contributed by atoms with E-state index in [1.165, 1.54) is 0 Å². The summed E-state index contributed by atoms with van der Waals surface area (Å²) in [5, 5.41) is 0. The van der Waals surface area contributed by atoms with Crippen molar-refractivity contribution in [3.05, 3.63) is 29.8 Å². The summed E-state index contributed by atoms with van der Waals surface area (Å²) in [6.45, 7) is 8.45. The van der Waals surface area contributed by atoms with Gasteiger partial charge in [0.25, 0.3) is 5.91 Å². The molecule has 2 aliphatic rings. The molecule has 5 nitrogen and oxygen atoms in total. The number of rotatable bonds is 4. The van der Waals surface area contributed by atoms with E-state index in [0.717, 1.165) is 37.1 Å². The minimum atomic E-state index is -0.286. The molecule has 1 amide bonds. The summed E-state index contributed by atoms with van der Waals surface area (Å²) >= 11 is 0. The van der Waals surface area contributed by atoms with Gasteiger partial charge in [0.15, 0.2) is 12.9 Å². The predicted octanol–water partition coefficient (Wildman–Crippen LogP) is 3.12. The third-order valence-corrected chi connectivity index (χ3v) is 4.88. The Bertz CT molecular complexity index is 590. The van der Waals surface area contributed by atoms with Gasteiger partial charge in [0.2, 0.25) is 0 Å². The van der Waals surface area contributed by atoms with E-state index in [2.05, 4.69) is 26.8 Å². The summed E-state index contributed by atoms with van der Waals surface area (Å²) in [6.07, 6.45) is 2.76. The number of piperidine rings is 1. The molecule has 3 rings (SSSR count). The average molecular weight is 347 g/mol. The Labute approximate surface area is 150 Å². The molecule has 5 heteroatoms. The number of carbonyl (C=O) groups excluding carboxylic acids is 1. The van der Waals surface area contributed by atoms with Crippen molar-refractivity contribution in [1.29, 1.82) is 0 Å². The maximum absolute atomic E-state index is 12.8. The average Bonchev–Trinajstić information content (AvgIpc) is 3.13. The second kappa shape index (κ2) is 7.75. The molecule has 1 aromatic carbocycles. The normalized spacial score (nSPS) is 22.2. The highest BCUT2D eigenvalue weighted by molar-refractivity contribution is 5.78. The van der Waals surface area contributed by atoms with Crippen molar-refractivity contribution < 1.29 is 19.0 Å². The quantitative estimate of drug-likeness (QED) is 0.840. The van der Waals surface area contributed by atoms with Gasteiger partial charge in [-0.15, -0.1) is 0 Å². The first-order chi connectivity index (χ1) is 12.0. The Morgan fingerprint density at radius 1 is 1.20 bits per heavy atom. The van der Waals surface area contributed by atoms with Crippen LogP contribution in [-0.2, 0) is 19.7 Å². The van der Waals surface area contributed by atoms with Gasteiger partial charge < -0.3 is 19.1 Å². The third-order valence-electron chi connectivity index (χ3n) is 4.88. The molecule has 0 N–H and O–H groups in total. The van der Waals surface area contributed by atoms with Crippen LogP contribution in [0.3, 0.4) is 0 Å². The molecular weight excluding hydrogens is 318 g/mol. The first-order valence-corrected chi connectivity index (χ1v) is 9.22. The Balaban J connectivity index is 1.65. The molecule has 2 fully saturated rings. The van der Waals surface area contributed by atoms with Gasteiger partial charge in [0.1, 0.15) is 5.75 Å². The standard InChI is InChI=1S/C20H29NO4/c1-20(2,3)15-8-4-5-10-17(15)25-14-18(22)21-11-7-6-9-16(21)19-23-12-13-24-19/h4-5,8,10,16,19H,6-7,9,11-14H2,1-3H3. The minimum absolute atomic E-state index is 0.00482. The van der Waals surface area contributed by atoms with Crippen LogP contribution < -0.4 is 4.74 Å². The summed E-state index contributed by atoms with van der Waals surface area (Å²) in [5.41, 5.74) is 1.08. The van der Waals surface area contributed by atoms with Crippen LogP contribution in [0, 0.1) is 0 Å². The zero-order valence-corrected chi connectivity index (χ0v) is 15.5. The largest absolute Gasteiger partial charge is 0.483 e. The molecule has 2 heterocycles. The number of amides is 1. The molecule has 25 heavy (non-hydrogen) atoms. The molecule has 1 unspecified atom stereocenters. The summed E-state index contributed by atoms with van der Waals surface area (Å²) in [4.78, 5) is 14.7. The number of benzene rings is 1. The summed E-state index contributed by atoms with van der Waals surface area (Å²) in [7, 11) is 0. The number of hydrogen-bond acceptors (Lipinski definition) is 4. The van der Waals surface area contributed by atoms with Crippen molar-refractivity contribution in [3.8, 4) is 5.75 Å². The fraction of sp³-hybridized carbons (Fsp3) is 0.650. The van der Waals surface area contributed by atoms with E-state index in [9.17, 15) is 4.79 Å². The Kier molecular flexibility index (Phi) is 5.64. The molecule has 0 spiro atoms. The zero-order chi connectivity index (χ0) is 17.9. The zero-order valence-electron chi connectivity index (χ0n) is 15.5. The fourth-order valence-corrected chi connectivity index (χ4v) is 3.58. The van der Waals surface area contributed by atoms with Crippen LogP contribution in [0.4, 0.5) is 0 Å². The fourth-order valence-electron chi connectivity index (χ4n) is 3.58. The van der Waals surface area contributed by atoms with Gasteiger partial charge in [0.05, 0.1) is 19.3 Å². The Morgan fingerprint density at radius 3 is 2.64 bits per heavy atom. The summed E-state index contributed by atoms with van der Waals surface area (Å²) in [6, 6.07) is 7.95. The monoisotopic (exact) mass is 347 g/mol. The number of ether oxygens (including phenoxy) is 3. The number of carbonyl (C=O) groups is 1. The summed E-state index contributed by atoms with van der Waals surface area (Å²) < 4.78 is 17.2. The molecule has 0 bridgehead atoms. The Morgan fingerprint density at radius 2 is 1.92 bits per heavy atom. The maximum Gasteiger partial charge on any atom is 0.260 e. The van der Waals surface area contributed by atoms with Crippen LogP contribution in [0.5, 0.6) is 5.75 Å². The van der Waals surface area contributed by atoms with Crippen LogP contribution in [0.25, 0.3) is 0 Å². The van der Waals surface area contributed by atoms with Gasteiger partial charge in [-0.3, -0.25) is 4.79 Å². The predicted molar refractivity (Wildman–Crippen MR) is 95.7 cm³/mol. The third kappa shape index (κ3) is 4.33. The molecule has 2 saturated heterocycles. The van der Waals surface area contributed by atoms with Gasteiger partial charge in [-0.25, -0.2) is 0 Å². The van der Waals surface area contributed by atoms with Gasteiger partial charge in [0, 0.05) is 6.54 Å². The van der Waals surface area contributed by atoms with Crippen molar-refractivity contribution in [2.24, 2.45) is 0 Å². The molecule has 1 atom stereocenters.